The van der Waals surface area contributed by atoms with Crippen LogP contribution in [0.15, 0.2) is 72.8 Å². The molecule has 6 nitrogen and oxygen atoms in total. The number of hydrogen-bond donors (Lipinski definition) is 2. The van der Waals surface area contributed by atoms with E-state index in [9.17, 15) is 9.59 Å². The zero-order chi connectivity index (χ0) is 20.8. The lowest BCUT2D eigenvalue weighted by molar-refractivity contribution is 0.0997. The Morgan fingerprint density at radius 2 is 1.24 bits per heavy atom. The van der Waals surface area contributed by atoms with Crippen LogP contribution in [0.25, 0.3) is 0 Å². The highest BCUT2D eigenvalue weighted by atomic mass is 16.5. The Balaban J connectivity index is 1.60. The van der Waals surface area contributed by atoms with Gasteiger partial charge in [0.25, 0.3) is 5.91 Å². The summed E-state index contributed by atoms with van der Waals surface area (Å²) in [6.45, 7) is 3.92. The van der Waals surface area contributed by atoms with Crippen LogP contribution in [0.1, 0.15) is 34.6 Å². The largest absolute Gasteiger partial charge is 0.491 e. The zero-order valence-corrected chi connectivity index (χ0v) is 16.2. The van der Waals surface area contributed by atoms with Crippen LogP contribution in [-0.4, -0.2) is 17.9 Å². The second-order valence-electron chi connectivity index (χ2n) is 6.66. The number of carbonyl (C=O) groups is 2. The molecule has 148 valence electrons. The number of rotatable bonds is 7. The van der Waals surface area contributed by atoms with E-state index in [1.54, 1.807) is 60.7 Å². The summed E-state index contributed by atoms with van der Waals surface area (Å²) in [6.07, 6.45) is 0.0947. The van der Waals surface area contributed by atoms with E-state index < -0.39 is 5.91 Å². The summed E-state index contributed by atoms with van der Waals surface area (Å²) in [5.41, 5.74) is 6.81. The fourth-order valence-corrected chi connectivity index (χ4v) is 2.59. The Hall–Kier alpha value is -3.80. The van der Waals surface area contributed by atoms with Gasteiger partial charge in [-0.2, -0.15) is 0 Å². The second kappa shape index (κ2) is 8.93. The van der Waals surface area contributed by atoms with Crippen molar-refractivity contribution < 1.29 is 19.1 Å². The molecule has 0 fully saturated rings. The highest BCUT2D eigenvalue weighted by Crippen LogP contribution is 2.23. The lowest BCUT2D eigenvalue weighted by Crippen LogP contribution is -2.12. The first-order valence-electron chi connectivity index (χ1n) is 9.16. The average molecular weight is 390 g/mol. The molecule has 0 heterocycles. The predicted molar refractivity (Wildman–Crippen MR) is 112 cm³/mol. The summed E-state index contributed by atoms with van der Waals surface area (Å²) in [5.74, 6) is 1.18. The number of nitrogens with one attached hydrogen (secondary N) is 1. The maximum Gasteiger partial charge on any atom is 0.255 e. The monoisotopic (exact) mass is 390 g/mol. The molecule has 3 rings (SSSR count). The molecular formula is C23H22N2O4. The van der Waals surface area contributed by atoms with Gasteiger partial charge in [0.2, 0.25) is 5.91 Å². The van der Waals surface area contributed by atoms with Gasteiger partial charge in [-0.15, -0.1) is 0 Å². The first-order chi connectivity index (χ1) is 13.9. The van der Waals surface area contributed by atoms with Crippen molar-refractivity contribution in [3.8, 4) is 17.2 Å². The van der Waals surface area contributed by atoms with E-state index >= 15 is 0 Å². The molecule has 3 N–H and O–H groups in total. The normalized spacial score (nSPS) is 10.4. The second-order valence-corrected chi connectivity index (χ2v) is 6.66. The lowest BCUT2D eigenvalue weighted by atomic mass is 10.2. The minimum atomic E-state index is -0.492. The molecule has 0 saturated heterocycles. The van der Waals surface area contributed by atoms with Crippen LogP contribution in [-0.2, 0) is 0 Å². The fourth-order valence-electron chi connectivity index (χ4n) is 2.59. The molecule has 0 aliphatic carbocycles. The van der Waals surface area contributed by atoms with Gasteiger partial charge in [-0.25, -0.2) is 0 Å². The highest BCUT2D eigenvalue weighted by Gasteiger charge is 2.08. The van der Waals surface area contributed by atoms with Gasteiger partial charge >= 0.3 is 0 Å². The summed E-state index contributed by atoms with van der Waals surface area (Å²) < 4.78 is 11.3. The number of amides is 2. The molecule has 0 aromatic heterocycles. The summed E-state index contributed by atoms with van der Waals surface area (Å²) in [5, 5.41) is 2.85. The standard InChI is InChI=1S/C23H22N2O4/c1-15(2)28-19-13-7-18(8-14-19)25-23(27)17-5-11-21(12-6-17)29-20-9-3-16(4-10-20)22(24)26/h3-15H,1-2H3,(H2,24,26)(H,25,27). The topological polar surface area (TPSA) is 90.7 Å². The number of carbonyl (C=O) groups excluding carboxylic acids is 2. The van der Waals surface area contributed by atoms with Crippen LogP contribution >= 0.6 is 0 Å². The van der Waals surface area contributed by atoms with Crippen molar-refractivity contribution in [1.29, 1.82) is 0 Å². The van der Waals surface area contributed by atoms with E-state index in [-0.39, 0.29) is 12.0 Å². The number of nitrogens with two attached hydrogens (primary N) is 1. The van der Waals surface area contributed by atoms with E-state index in [0.29, 0.717) is 28.3 Å². The van der Waals surface area contributed by atoms with Gasteiger partial charge in [0.1, 0.15) is 17.2 Å². The number of benzene rings is 3. The molecule has 0 unspecified atom stereocenters. The van der Waals surface area contributed by atoms with E-state index in [0.717, 1.165) is 5.75 Å². The number of hydrogen-bond acceptors (Lipinski definition) is 4. The van der Waals surface area contributed by atoms with E-state index in [1.807, 2.05) is 26.0 Å². The van der Waals surface area contributed by atoms with Crippen molar-refractivity contribution in [3.05, 3.63) is 83.9 Å². The summed E-state index contributed by atoms with van der Waals surface area (Å²) in [4.78, 5) is 23.5. The number of anilines is 1. The van der Waals surface area contributed by atoms with Crippen molar-refractivity contribution in [2.75, 3.05) is 5.32 Å². The van der Waals surface area contributed by atoms with Gasteiger partial charge in [0.15, 0.2) is 0 Å². The summed E-state index contributed by atoms with van der Waals surface area (Å²) in [7, 11) is 0. The molecule has 0 aliphatic heterocycles. The minimum Gasteiger partial charge on any atom is -0.491 e. The van der Waals surface area contributed by atoms with Crippen LogP contribution in [0.5, 0.6) is 17.2 Å². The molecule has 0 radical (unpaired) electrons. The number of primary amides is 1. The molecule has 6 heteroatoms. The molecule has 2 amide bonds. The maximum atomic E-state index is 12.4. The zero-order valence-electron chi connectivity index (χ0n) is 16.2. The van der Waals surface area contributed by atoms with Crippen molar-refractivity contribution in [3.63, 3.8) is 0 Å². The third-order valence-corrected chi connectivity index (χ3v) is 3.98. The third-order valence-electron chi connectivity index (χ3n) is 3.98. The van der Waals surface area contributed by atoms with Gasteiger partial charge in [-0.1, -0.05) is 0 Å². The van der Waals surface area contributed by atoms with Crippen LogP contribution in [0.3, 0.4) is 0 Å². The molecule has 0 saturated carbocycles. The smallest absolute Gasteiger partial charge is 0.255 e. The van der Waals surface area contributed by atoms with Crippen molar-refractivity contribution in [2.24, 2.45) is 5.73 Å². The first kappa shape index (κ1) is 19.9. The SMILES string of the molecule is CC(C)Oc1ccc(NC(=O)c2ccc(Oc3ccc(C(N)=O)cc3)cc2)cc1. The lowest BCUT2D eigenvalue weighted by Gasteiger charge is -2.11. The first-order valence-corrected chi connectivity index (χ1v) is 9.16. The Bertz CT molecular complexity index is 979. The van der Waals surface area contributed by atoms with Crippen LogP contribution < -0.4 is 20.5 Å². The van der Waals surface area contributed by atoms with Crippen molar-refractivity contribution >= 4 is 17.5 Å². The van der Waals surface area contributed by atoms with Crippen LogP contribution in [0, 0.1) is 0 Å². The summed E-state index contributed by atoms with van der Waals surface area (Å²) >= 11 is 0. The van der Waals surface area contributed by atoms with Crippen LogP contribution in [0.4, 0.5) is 5.69 Å². The molecule has 3 aromatic rings. The van der Waals surface area contributed by atoms with E-state index in [4.69, 9.17) is 15.2 Å². The predicted octanol–water partition coefficient (Wildman–Crippen LogP) is 4.62. The van der Waals surface area contributed by atoms with Crippen molar-refractivity contribution in [1.82, 2.24) is 0 Å². The molecule has 0 atom stereocenters. The van der Waals surface area contributed by atoms with E-state index in [1.165, 1.54) is 0 Å². The molecule has 29 heavy (non-hydrogen) atoms. The molecule has 0 spiro atoms. The van der Waals surface area contributed by atoms with Gasteiger partial charge in [-0.3, -0.25) is 9.59 Å². The molecule has 3 aromatic carbocycles. The Morgan fingerprint density at radius 1 is 0.759 bits per heavy atom. The fraction of sp³-hybridized carbons (Fsp3) is 0.130. The van der Waals surface area contributed by atoms with Crippen LogP contribution in [0.2, 0.25) is 0 Å². The molecule has 0 bridgehead atoms. The molecule has 0 aliphatic rings. The average Bonchev–Trinajstić information content (AvgIpc) is 2.70. The van der Waals surface area contributed by atoms with Gasteiger partial charge < -0.3 is 20.5 Å². The number of ether oxygens (including phenoxy) is 2. The quantitative estimate of drug-likeness (QED) is 0.616. The van der Waals surface area contributed by atoms with Gasteiger partial charge in [-0.05, 0) is 86.6 Å². The Labute approximate surface area is 169 Å². The maximum absolute atomic E-state index is 12.4. The molecular weight excluding hydrogens is 368 g/mol. The Morgan fingerprint density at radius 3 is 1.72 bits per heavy atom. The van der Waals surface area contributed by atoms with Gasteiger partial charge in [0, 0.05) is 16.8 Å². The van der Waals surface area contributed by atoms with E-state index in [2.05, 4.69) is 5.32 Å². The van der Waals surface area contributed by atoms with Gasteiger partial charge in [0.05, 0.1) is 6.10 Å². The highest BCUT2D eigenvalue weighted by molar-refractivity contribution is 6.04. The summed E-state index contributed by atoms with van der Waals surface area (Å²) in [6, 6.07) is 20.5. The Kier molecular flexibility index (Phi) is 6.14. The van der Waals surface area contributed by atoms with Crippen molar-refractivity contribution in [2.45, 2.75) is 20.0 Å². The minimum absolute atomic E-state index is 0.0947. The third kappa shape index (κ3) is 5.59.